The molecule has 88 valence electrons. The Morgan fingerprint density at radius 1 is 1.38 bits per heavy atom. The van der Waals surface area contributed by atoms with Gasteiger partial charge in [-0.05, 0) is 19.7 Å². The molecule has 1 amide bonds. The van der Waals surface area contributed by atoms with Crippen LogP contribution in [0.25, 0.3) is 0 Å². The molecule has 0 spiro atoms. The number of hydrogen-bond donors (Lipinski definition) is 2. The van der Waals surface area contributed by atoms with Crippen LogP contribution in [0.4, 0.5) is 0 Å². The van der Waals surface area contributed by atoms with Crippen LogP contribution in [0.2, 0.25) is 0 Å². The van der Waals surface area contributed by atoms with Crippen LogP contribution in [-0.2, 0) is 4.79 Å². The molecule has 1 aromatic carbocycles. The van der Waals surface area contributed by atoms with Gasteiger partial charge in [-0.25, -0.2) is 0 Å². The van der Waals surface area contributed by atoms with Crippen molar-refractivity contribution in [2.75, 3.05) is 27.2 Å². The Morgan fingerprint density at radius 2 is 2.00 bits per heavy atom. The first kappa shape index (κ1) is 12.7. The summed E-state index contributed by atoms with van der Waals surface area (Å²) >= 11 is 0. The van der Waals surface area contributed by atoms with Crippen molar-refractivity contribution in [3.05, 3.63) is 35.9 Å². The van der Waals surface area contributed by atoms with Crippen molar-refractivity contribution in [1.29, 1.82) is 0 Å². The Kier molecular flexibility index (Phi) is 4.95. The average Bonchev–Trinajstić information content (AvgIpc) is 2.28. The highest BCUT2D eigenvalue weighted by atomic mass is 16.2. The van der Waals surface area contributed by atoms with E-state index in [0.717, 1.165) is 12.1 Å². The van der Waals surface area contributed by atoms with E-state index in [1.165, 1.54) is 0 Å². The third-order valence-corrected chi connectivity index (χ3v) is 2.30. The van der Waals surface area contributed by atoms with Gasteiger partial charge in [0.05, 0.1) is 0 Å². The number of hydrogen-bond acceptors (Lipinski definition) is 3. The molecule has 0 bridgehead atoms. The maximum Gasteiger partial charge on any atom is 0.241 e. The van der Waals surface area contributed by atoms with E-state index in [4.69, 9.17) is 5.73 Å². The van der Waals surface area contributed by atoms with Crippen molar-refractivity contribution in [2.45, 2.75) is 6.04 Å². The predicted octanol–water partition coefficient (Wildman–Crippen LogP) is 0.364. The SMILES string of the molecule is CN(C)CCNC(=O)C(N)c1ccccc1. The lowest BCUT2D eigenvalue weighted by Crippen LogP contribution is -2.37. The molecule has 0 aromatic heterocycles. The lowest BCUT2D eigenvalue weighted by Gasteiger charge is -2.14. The molecule has 0 aliphatic carbocycles. The van der Waals surface area contributed by atoms with Crippen LogP contribution < -0.4 is 11.1 Å². The normalized spacial score (nSPS) is 12.5. The summed E-state index contributed by atoms with van der Waals surface area (Å²) in [5, 5.41) is 2.81. The standard InChI is InChI=1S/C12H19N3O/c1-15(2)9-8-14-12(16)11(13)10-6-4-3-5-7-10/h3-7,11H,8-9,13H2,1-2H3,(H,14,16). The van der Waals surface area contributed by atoms with Crippen LogP contribution in [0.1, 0.15) is 11.6 Å². The van der Waals surface area contributed by atoms with Crippen LogP contribution in [0, 0.1) is 0 Å². The Labute approximate surface area is 96.4 Å². The number of likely N-dealkylation sites (N-methyl/N-ethyl adjacent to an activating group) is 1. The van der Waals surface area contributed by atoms with E-state index in [9.17, 15) is 4.79 Å². The second-order valence-corrected chi connectivity index (χ2v) is 3.98. The van der Waals surface area contributed by atoms with E-state index in [-0.39, 0.29) is 5.91 Å². The molecule has 0 aliphatic heterocycles. The van der Waals surface area contributed by atoms with Gasteiger partial charge in [0, 0.05) is 13.1 Å². The zero-order valence-electron chi connectivity index (χ0n) is 9.81. The van der Waals surface area contributed by atoms with Crippen molar-refractivity contribution in [3.63, 3.8) is 0 Å². The van der Waals surface area contributed by atoms with E-state index in [2.05, 4.69) is 5.32 Å². The smallest absolute Gasteiger partial charge is 0.241 e. The van der Waals surface area contributed by atoms with Gasteiger partial charge in [-0.2, -0.15) is 0 Å². The van der Waals surface area contributed by atoms with Crippen LogP contribution in [0.15, 0.2) is 30.3 Å². The van der Waals surface area contributed by atoms with Crippen molar-refractivity contribution in [3.8, 4) is 0 Å². The summed E-state index contributed by atoms with van der Waals surface area (Å²) in [6.07, 6.45) is 0. The van der Waals surface area contributed by atoms with Crippen molar-refractivity contribution in [1.82, 2.24) is 10.2 Å². The van der Waals surface area contributed by atoms with Crippen molar-refractivity contribution < 1.29 is 4.79 Å². The first-order chi connectivity index (χ1) is 7.61. The fourth-order valence-corrected chi connectivity index (χ4v) is 1.32. The summed E-state index contributed by atoms with van der Waals surface area (Å²) in [6, 6.07) is 8.79. The molecular formula is C12H19N3O. The van der Waals surface area contributed by atoms with Crippen molar-refractivity contribution in [2.24, 2.45) is 5.73 Å². The third kappa shape index (κ3) is 4.00. The van der Waals surface area contributed by atoms with E-state index in [1.807, 2.05) is 49.3 Å². The molecule has 0 fully saturated rings. The van der Waals surface area contributed by atoms with Crippen LogP contribution >= 0.6 is 0 Å². The van der Waals surface area contributed by atoms with Gasteiger partial charge < -0.3 is 16.0 Å². The van der Waals surface area contributed by atoms with E-state index in [0.29, 0.717) is 6.54 Å². The molecule has 1 aromatic rings. The molecular weight excluding hydrogens is 202 g/mol. The van der Waals surface area contributed by atoms with E-state index < -0.39 is 6.04 Å². The number of nitrogens with zero attached hydrogens (tertiary/aromatic N) is 1. The molecule has 0 aliphatic rings. The Morgan fingerprint density at radius 3 is 2.56 bits per heavy atom. The highest BCUT2D eigenvalue weighted by molar-refractivity contribution is 5.82. The lowest BCUT2D eigenvalue weighted by molar-refractivity contribution is -0.122. The topological polar surface area (TPSA) is 58.4 Å². The van der Waals surface area contributed by atoms with Gasteiger partial charge in [0.1, 0.15) is 6.04 Å². The Bertz CT molecular complexity index is 324. The number of amides is 1. The molecule has 1 atom stereocenters. The summed E-state index contributed by atoms with van der Waals surface area (Å²) in [6.45, 7) is 1.43. The zero-order valence-corrected chi connectivity index (χ0v) is 9.81. The fourth-order valence-electron chi connectivity index (χ4n) is 1.32. The highest BCUT2D eigenvalue weighted by Gasteiger charge is 2.14. The van der Waals surface area contributed by atoms with Gasteiger partial charge >= 0.3 is 0 Å². The summed E-state index contributed by atoms with van der Waals surface area (Å²) in [5.41, 5.74) is 6.67. The number of nitrogens with one attached hydrogen (secondary N) is 1. The second kappa shape index (κ2) is 6.25. The quantitative estimate of drug-likeness (QED) is 0.755. The van der Waals surface area contributed by atoms with Crippen LogP contribution in [-0.4, -0.2) is 38.0 Å². The average molecular weight is 221 g/mol. The number of carbonyl (C=O) groups is 1. The fraction of sp³-hybridized carbons (Fsp3) is 0.417. The number of rotatable bonds is 5. The molecule has 1 rings (SSSR count). The minimum atomic E-state index is -0.580. The van der Waals surface area contributed by atoms with Crippen LogP contribution in [0.3, 0.4) is 0 Å². The summed E-state index contributed by atoms with van der Waals surface area (Å²) in [5.74, 6) is -0.131. The molecule has 16 heavy (non-hydrogen) atoms. The maximum absolute atomic E-state index is 11.7. The molecule has 3 N–H and O–H groups in total. The molecule has 1 unspecified atom stereocenters. The van der Waals surface area contributed by atoms with Gasteiger partial charge in [0.2, 0.25) is 5.91 Å². The number of benzene rings is 1. The van der Waals surface area contributed by atoms with Gasteiger partial charge in [-0.1, -0.05) is 30.3 Å². The maximum atomic E-state index is 11.7. The van der Waals surface area contributed by atoms with E-state index in [1.54, 1.807) is 0 Å². The molecule has 0 radical (unpaired) electrons. The molecule has 0 saturated heterocycles. The number of nitrogens with two attached hydrogens (primary N) is 1. The predicted molar refractivity (Wildman–Crippen MR) is 64.9 cm³/mol. The zero-order chi connectivity index (χ0) is 12.0. The Balaban J connectivity index is 2.43. The first-order valence-corrected chi connectivity index (χ1v) is 5.34. The minimum absolute atomic E-state index is 0.131. The summed E-state index contributed by atoms with van der Waals surface area (Å²) in [7, 11) is 3.92. The molecule has 4 nitrogen and oxygen atoms in total. The Hall–Kier alpha value is -1.39. The van der Waals surface area contributed by atoms with Crippen molar-refractivity contribution >= 4 is 5.91 Å². The summed E-state index contributed by atoms with van der Waals surface area (Å²) in [4.78, 5) is 13.7. The van der Waals surface area contributed by atoms with E-state index >= 15 is 0 Å². The van der Waals surface area contributed by atoms with Gasteiger partial charge in [-0.3, -0.25) is 4.79 Å². The van der Waals surface area contributed by atoms with Crippen LogP contribution in [0.5, 0.6) is 0 Å². The number of carbonyl (C=O) groups excluding carboxylic acids is 1. The largest absolute Gasteiger partial charge is 0.353 e. The molecule has 4 heteroatoms. The van der Waals surface area contributed by atoms with Gasteiger partial charge in [0.15, 0.2) is 0 Å². The third-order valence-electron chi connectivity index (χ3n) is 2.30. The lowest BCUT2D eigenvalue weighted by atomic mass is 10.1. The van der Waals surface area contributed by atoms with Gasteiger partial charge in [0.25, 0.3) is 0 Å². The minimum Gasteiger partial charge on any atom is -0.353 e. The second-order valence-electron chi connectivity index (χ2n) is 3.98. The molecule has 0 heterocycles. The summed E-state index contributed by atoms with van der Waals surface area (Å²) < 4.78 is 0. The monoisotopic (exact) mass is 221 g/mol. The highest BCUT2D eigenvalue weighted by Crippen LogP contribution is 2.08. The molecule has 0 saturated carbocycles. The van der Waals surface area contributed by atoms with Gasteiger partial charge in [-0.15, -0.1) is 0 Å². The first-order valence-electron chi connectivity index (χ1n) is 5.34.